The molecule has 7 aromatic carbocycles. The predicted molar refractivity (Wildman–Crippen MR) is 212 cm³/mol. The van der Waals surface area contributed by atoms with Crippen molar-refractivity contribution in [2.75, 3.05) is 0 Å². The van der Waals surface area contributed by atoms with Gasteiger partial charge in [0, 0.05) is 32.9 Å². The summed E-state index contributed by atoms with van der Waals surface area (Å²) in [5.41, 5.74) is 14.3. The zero-order valence-corrected chi connectivity index (χ0v) is 28.8. The SMILES string of the molecule is CC1(C)c2cc(-c3cccc(-c4nc(-c5ccccc5)nc(-c5ccc(-c6ccccc6)cc5)n4)c3)ccc2-c2cc3oc4ccccc4c3cc21. The third-order valence-corrected chi connectivity index (χ3v) is 10.5. The van der Waals surface area contributed by atoms with Crippen LogP contribution in [0.3, 0.4) is 0 Å². The Morgan fingerprint density at radius 2 is 0.885 bits per heavy atom. The van der Waals surface area contributed by atoms with Crippen LogP contribution < -0.4 is 0 Å². The summed E-state index contributed by atoms with van der Waals surface area (Å²) in [7, 11) is 0. The highest BCUT2D eigenvalue weighted by molar-refractivity contribution is 6.07. The van der Waals surface area contributed by atoms with Gasteiger partial charge >= 0.3 is 0 Å². The average molecular weight is 668 g/mol. The molecule has 0 spiro atoms. The van der Waals surface area contributed by atoms with Gasteiger partial charge in [-0.15, -0.1) is 0 Å². The highest BCUT2D eigenvalue weighted by Crippen LogP contribution is 2.51. The number of hydrogen-bond donors (Lipinski definition) is 0. The van der Waals surface area contributed by atoms with E-state index in [1.807, 2.05) is 48.5 Å². The second-order valence-corrected chi connectivity index (χ2v) is 14.1. The zero-order chi connectivity index (χ0) is 34.8. The van der Waals surface area contributed by atoms with Crippen LogP contribution in [0.4, 0.5) is 0 Å². The van der Waals surface area contributed by atoms with Gasteiger partial charge in [0.05, 0.1) is 0 Å². The molecule has 1 aliphatic rings. The molecule has 1 aliphatic carbocycles. The second kappa shape index (κ2) is 11.7. The number of aromatic nitrogens is 3. The molecule has 9 aromatic rings. The van der Waals surface area contributed by atoms with Gasteiger partial charge in [0.25, 0.3) is 0 Å². The fraction of sp³-hybridized carbons (Fsp3) is 0.0625. The predicted octanol–water partition coefficient (Wildman–Crippen LogP) is 12.4. The van der Waals surface area contributed by atoms with Crippen LogP contribution in [0.2, 0.25) is 0 Å². The minimum absolute atomic E-state index is 0.172. The van der Waals surface area contributed by atoms with E-state index in [1.54, 1.807) is 0 Å². The van der Waals surface area contributed by atoms with Crippen molar-refractivity contribution in [3.8, 4) is 67.5 Å². The summed E-state index contributed by atoms with van der Waals surface area (Å²) in [5, 5.41) is 2.33. The average Bonchev–Trinajstić information content (AvgIpc) is 3.68. The van der Waals surface area contributed by atoms with E-state index in [4.69, 9.17) is 19.4 Å². The Morgan fingerprint density at radius 1 is 0.365 bits per heavy atom. The van der Waals surface area contributed by atoms with Gasteiger partial charge in [0.1, 0.15) is 11.2 Å². The maximum Gasteiger partial charge on any atom is 0.164 e. The quantitative estimate of drug-likeness (QED) is 0.183. The Labute approximate surface area is 302 Å². The standard InChI is InChI=1S/C48H33N3O/c1-48(2)41-27-35(24-25-37(41)39-29-44-40(28-42(39)48)38-18-9-10-19-43(38)52-44)34-16-11-17-36(26-34)47-50-45(32-14-7-4-8-15-32)49-46(51-47)33-22-20-31(21-23-33)30-12-5-3-6-13-30/h3-29H,1-2H3. The molecule has 10 rings (SSSR count). The molecule has 52 heavy (non-hydrogen) atoms. The Hall–Kier alpha value is -6.65. The maximum atomic E-state index is 6.29. The van der Waals surface area contributed by atoms with E-state index >= 15 is 0 Å². The summed E-state index contributed by atoms with van der Waals surface area (Å²) in [6, 6.07) is 57.2. The van der Waals surface area contributed by atoms with Gasteiger partial charge < -0.3 is 4.42 Å². The number of benzene rings is 7. The van der Waals surface area contributed by atoms with E-state index in [0.29, 0.717) is 17.5 Å². The molecule has 0 N–H and O–H groups in total. The highest BCUT2D eigenvalue weighted by Gasteiger charge is 2.36. The first-order valence-electron chi connectivity index (χ1n) is 17.7. The Bertz CT molecular complexity index is 2800. The molecule has 0 saturated carbocycles. The van der Waals surface area contributed by atoms with Crippen LogP contribution in [-0.4, -0.2) is 15.0 Å². The van der Waals surface area contributed by atoms with Crippen molar-refractivity contribution in [3.05, 3.63) is 175 Å². The van der Waals surface area contributed by atoms with Crippen LogP contribution in [0, 0.1) is 0 Å². The van der Waals surface area contributed by atoms with Gasteiger partial charge in [0.15, 0.2) is 17.5 Å². The number of hydrogen-bond acceptors (Lipinski definition) is 4. The van der Waals surface area contributed by atoms with E-state index < -0.39 is 0 Å². The van der Waals surface area contributed by atoms with Crippen molar-refractivity contribution in [2.24, 2.45) is 0 Å². The summed E-state index contributed by atoms with van der Waals surface area (Å²) in [4.78, 5) is 15.0. The lowest BCUT2D eigenvalue weighted by Crippen LogP contribution is -2.15. The molecule has 0 atom stereocenters. The Kier molecular flexibility index (Phi) is 6.80. The topological polar surface area (TPSA) is 51.8 Å². The van der Waals surface area contributed by atoms with Gasteiger partial charge in [-0.1, -0.05) is 147 Å². The number of nitrogens with zero attached hydrogens (tertiary/aromatic N) is 3. The molecule has 0 bridgehead atoms. The van der Waals surface area contributed by atoms with E-state index in [1.165, 1.54) is 33.2 Å². The Morgan fingerprint density at radius 3 is 1.63 bits per heavy atom. The van der Waals surface area contributed by atoms with Gasteiger partial charge in [-0.25, -0.2) is 15.0 Å². The van der Waals surface area contributed by atoms with Crippen LogP contribution >= 0.6 is 0 Å². The summed E-state index contributed by atoms with van der Waals surface area (Å²) < 4.78 is 6.29. The monoisotopic (exact) mass is 667 g/mol. The molecule has 0 aliphatic heterocycles. The molecule has 2 heterocycles. The zero-order valence-electron chi connectivity index (χ0n) is 28.8. The number of para-hydroxylation sites is 1. The largest absolute Gasteiger partial charge is 0.456 e. The van der Waals surface area contributed by atoms with Crippen molar-refractivity contribution < 1.29 is 4.42 Å². The van der Waals surface area contributed by atoms with Crippen LogP contribution in [0.1, 0.15) is 25.0 Å². The van der Waals surface area contributed by atoms with Crippen LogP contribution in [-0.2, 0) is 5.41 Å². The van der Waals surface area contributed by atoms with E-state index in [9.17, 15) is 0 Å². The van der Waals surface area contributed by atoms with Crippen LogP contribution in [0.15, 0.2) is 168 Å². The van der Waals surface area contributed by atoms with E-state index in [2.05, 4.69) is 129 Å². The summed E-state index contributed by atoms with van der Waals surface area (Å²) >= 11 is 0. The molecule has 0 fully saturated rings. The fourth-order valence-electron chi connectivity index (χ4n) is 7.76. The molecular weight excluding hydrogens is 635 g/mol. The third-order valence-electron chi connectivity index (χ3n) is 10.5. The fourth-order valence-corrected chi connectivity index (χ4v) is 7.76. The van der Waals surface area contributed by atoms with Crippen LogP contribution in [0.5, 0.6) is 0 Å². The molecule has 0 radical (unpaired) electrons. The first kappa shape index (κ1) is 30.2. The number of rotatable bonds is 5. The lowest BCUT2D eigenvalue weighted by molar-refractivity contribution is 0.658. The third kappa shape index (κ3) is 4.95. The van der Waals surface area contributed by atoms with Crippen molar-refractivity contribution in [3.63, 3.8) is 0 Å². The second-order valence-electron chi connectivity index (χ2n) is 14.1. The molecule has 2 aromatic heterocycles. The van der Waals surface area contributed by atoms with Crippen molar-refractivity contribution in [2.45, 2.75) is 19.3 Å². The van der Waals surface area contributed by atoms with Gasteiger partial charge in [-0.05, 0) is 74.8 Å². The summed E-state index contributed by atoms with van der Waals surface area (Å²) in [6.45, 7) is 4.66. The van der Waals surface area contributed by atoms with E-state index in [0.717, 1.165) is 49.9 Å². The minimum Gasteiger partial charge on any atom is -0.456 e. The minimum atomic E-state index is -0.172. The molecular formula is C48H33N3O. The van der Waals surface area contributed by atoms with E-state index in [-0.39, 0.29) is 5.41 Å². The lowest BCUT2D eigenvalue weighted by Gasteiger charge is -2.22. The maximum absolute atomic E-state index is 6.29. The first-order valence-corrected chi connectivity index (χ1v) is 17.7. The Balaban J connectivity index is 1.04. The van der Waals surface area contributed by atoms with Crippen molar-refractivity contribution in [1.82, 2.24) is 15.0 Å². The number of furan rings is 1. The molecule has 4 nitrogen and oxygen atoms in total. The summed E-state index contributed by atoms with van der Waals surface area (Å²) in [5.74, 6) is 1.93. The van der Waals surface area contributed by atoms with Gasteiger partial charge in [0.2, 0.25) is 0 Å². The number of fused-ring (bicyclic) bond motifs is 6. The van der Waals surface area contributed by atoms with Gasteiger partial charge in [-0.2, -0.15) is 0 Å². The molecule has 4 heteroatoms. The van der Waals surface area contributed by atoms with Crippen molar-refractivity contribution in [1.29, 1.82) is 0 Å². The molecule has 0 saturated heterocycles. The molecule has 246 valence electrons. The van der Waals surface area contributed by atoms with Crippen molar-refractivity contribution >= 4 is 21.9 Å². The first-order chi connectivity index (χ1) is 25.5. The normalized spacial score (nSPS) is 13.0. The lowest BCUT2D eigenvalue weighted by atomic mass is 9.81. The molecule has 0 amide bonds. The smallest absolute Gasteiger partial charge is 0.164 e. The summed E-state index contributed by atoms with van der Waals surface area (Å²) in [6.07, 6.45) is 0. The molecule has 0 unspecified atom stereocenters. The highest BCUT2D eigenvalue weighted by atomic mass is 16.3. The van der Waals surface area contributed by atoms with Gasteiger partial charge in [-0.3, -0.25) is 0 Å². The van der Waals surface area contributed by atoms with Crippen LogP contribution in [0.25, 0.3) is 89.5 Å².